The summed E-state index contributed by atoms with van der Waals surface area (Å²) in [4.78, 5) is 13.7. The molecular formula is C14H19ClN2O2. The Morgan fingerprint density at radius 2 is 2.32 bits per heavy atom. The van der Waals surface area contributed by atoms with E-state index in [1.165, 1.54) is 0 Å². The number of hydrogen-bond donors (Lipinski definition) is 2. The second-order valence-electron chi connectivity index (χ2n) is 4.25. The third-order valence-corrected chi connectivity index (χ3v) is 2.87. The molecule has 0 aliphatic rings. The molecule has 2 N–H and O–H groups in total. The number of anilines is 1. The van der Waals surface area contributed by atoms with Crippen LogP contribution in [0.5, 0.6) is 0 Å². The minimum Gasteiger partial charge on any atom is -0.395 e. The van der Waals surface area contributed by atoms with E-state index in [0.717, 1.165) is 11.3 Å². The molecule has 0 aliphatic heterocycles. The number of aliphatic hydroxyl groups excluding tert-OH is 1. The zero-order valence-electron chi connectivity index (χ0n) is 11.0. The molecule has 0 saturated carbocycles. The standard InChI is InChI=1S/C14H19ClN2O2/c1-3-6-17(7-8-18)10-14(19)16-13-5-4-12(15)9-11(13)2/h3-5,9,18H,1,6-8,10H2,2H3,(H,16,19). The third-order valence-electron chi connectivity index (χ3n) is 2.63. The maximum atomic E-state index is 11.9. The Hall–Kier alpha value is -1.36. The summed E-state index contributed by atoms with van der Waals surface area (Å²) in [5.41, 5.74) is 1.66. The van der Waals surface area contributed by atoms with Gasteiger partial charge in [0, 0.05) is 23.8 Å². The van der Waals surface area contributed by atoms with Crippen LogP contribution in [0.15, 0.2) is 30.9 Å². The monoisotopic (exact) mass is 282 g/mol. The molecule has 0 unspecified atom stereocenters. The van der Waals surface area contributed by atoms with Gasteiger partial charge >= 0.3 is 0 Å². The van der Waals surface area contributed by atoms with E-state index in [2.05, 4.69) is 11.9 Å². The van der Waals surface area contributed by atoms with Crippen LogP contribution in [0.25, 0.3) is 0 Å². The third kappa shape index (κ3) is 5.42. The Morgan fingerprint density at radius 1 is 1.58 bits per heavy atom. The smallest absolute Gasteiger partial charge is 0.238 e. The van der Waals surface area contributed by atoms with Crippen LogP contribution in [-0.2, 0) is 4.79 Å². The number of hydrogen-bond acceptors (Lipinski definition) is 3. The Bertz CT molecular complexity index is 449. The second-order valence-corrected chi connectivity index (χ2v) is 4.69. The van der Waals surface area contributed by atoms with Crippen LogP contribution < -0.4 is 5.32 Å². The van der Waals surface area contributed by atoms with Crippen molar-refractivity contribution in [1.29, 1.82) is 0 Å². The fourth-order valence-corrected chi connectivity index (χ4v) is 1.95. The zero-order chi connectivity index (χ0) is 14.3. The predicted octanol–water partition coefficient (Wildman–Crippen LogP) is 2.07. The molecule has 0 atom stereocenters. The van der Waals surface area contributed by atoms with E-state index in [1.807, 2.05) is 11.8 Å². The van der Waals surface area contributed by atoms with Gasteiger partial charge in [0.1, 0.15) is 0 Å². The summed E-state index contributed by atoms with van der Waals surface area (Å²) in [5.74, 6) is -0.124. The fraction of sp³-hybridized carbons (Fsp3) is 0.357. The van der Waals surface area contributed by atoms with Crippen molar-refractivity contribution in [3.8, 4) is 0 Å². The average Bonchev–Trinajstić information content (AvgIpc) is 2.33. The topological polar surface area (TPSA) is 52.6 Å². The fourth-order valence-electron chi connectivity index (χ4n) is 1.72. The molecule has 4 nitrogen and oxygen atoms in total. The van der Waals surface area contributed by atoms with Gasteiger partial charge in [0.15, 0.2) is 0 Å². The number of aryl methyl sites for hydroxylation is 1. The van der Waals surface area contributed by atoms with Crippen LogP contribution in [-0.4, -0.2) is 42.2 Å². The van der Waals surface area contributed by atoms with Crippen molar-refractivity contribution in [2.75, 3.05) is 31.6 Å². The quantitative estimate of drug-likeness (QED) is 0.753. The first-order valence-corrected chi connectivity index (χ1v) is 6.44. The van der Waals surface area contributed by atoms with Crippen molar-refractivity contribution in [2.45, 2.75) is 6.92 Å². The molecule has 1 rings (SSSR count). The lowest BCUT2D eigenvalue weighted by molar-refractivity contribution is -0.117. The molecule has 104 valence electrons. The van der Waals surface area contributed by atoms with Gasteiger partial charge in [-0.05, 0) is 30.7 Å². The molecule has 0 saturated heterocycles. The first-order valence-electron chi connectivity index (χ1n) is 6.07. The van der Waals surface area contributed by atoms with Gasteiger partial charge < -0.3 is 10.4 Å². The van der Waals surface area contributed by atoms with Gasteiger partial charge in [-0.25, -0.2) is 0 Å². The highest BCUT2D eigenvalue weighted by molar-refractivity contribution is 6.30. The number of carbonyl (C=O) groups excluding carboxylic acids is 1. The van der Waals surface area contributed by atoms with Crippen LogP contribution in [0.4, 0.5) is 5.69 Å². The number of nitrogens with zero attached hydrogens (tertiary/aromatic N) is 1. The van der Waals surface area contributed by atoms with E-state index in [0.29, 0.717) is 18.1 Å². The van der Waals surface area contributed by atoms with Crippen molar-refractivity contribution < 1.29 is 9.90 Å². The van der Waals surface area contributed by atoms with Gasteiger partial charge in [0.05, 0.1) is 13.2 Å². The lowest BCUT2D eigenvalue weighted by Gasteiger charge is -2.19. The first-order chi connectivity index (χ1) is 9.06. The van der Waals surface area contributed by atoms with Crippen molar-refractivity contribution in [2.24, 2.45) is 0 Å². The largest absolute Gasteiger partial charge is 0.395 e. The number of halogens is 1. The number of rotatable bonds is 7. The highest BCUT2D eigenvalue weighted by Crippen LogP contribution is 2.19. The molecule has 0 fully saturated rings. The molecule has 0 aromatic heterocycles. The van der Waals surface area contributed by atoms with Crippen molar-refractivity contribution in [3.05, 3.63) is 41.4 Å². The Labute approximate surface area is 118 Å². The lowest BCUT2D eigenvalue weighted by Crippen LogP contribution is -2.35. The predicted molar refractivity (Wildman–Crippen MR) is 78.5 cm³/mol. The van der Waals surface area contributed by atoms with Gasteiger partial charge in [0.2, 0.25) is 5.91 Å². The van der Waals surface area contributed by atoms with Crippen molar-refractivity contribution in [1.82, 2.24) is 4.90 Å². The van der Waals surface area contributed by atoms with E-state index >= 15 is 0 Å². The van der Waals surface area contributed by atoms with Crippen LogP contribution in [0, 0.1) is 6.92 Å². The van der Waals surface area contributed by atoms with E-state index < -0.39 is 0 Å². The molecular weight excluding hydrogens is 264 g/mol. The minimum atomic E-state index is -0.124. The van der Waals surface area contributed by atoms with Gasteiger partial charge in [0.25, 0.3) is 0 Å². The Kier molecular flexibility index (Phi) is 6.56. The number of nitrogens with one attached hydrogen (secondary N) is 1. The number of aliphatic hydroxyl groups is 1. The second kappa shape index (κ2) is 7.94. The lowest BCUT2D eigenvalue weighted by atomic mass is 10.2. The maximum absolute atomic E-state index is 11.9. The average molecular weight is 283 g/mol. The number of carbonyl (C=O) groups is 1. The molecule has 0 aliphatic carbocycles. The summed E-state index contributed by atoms with van der Waals surface area (Å²) in [6, 6.07) is 5.31. The SMILES string of the molecule is C=CCN(CCO)CC(=O)Nc1ccc(Cl)cc1C. The van der Waals surface area contributed by atoms with Gasteiger partial charge in [-0.2, -0.15) is 0 Å². The minimum absolute atomic E-state index is 0.0150. The first kappa shape index (κ1) is 15.7. The molecule has 19 heavy (non-hydrogen) atoms. The highest BCUT2D eigenvalue weighted by Gasteiger charge is 2.10. The Morgan fingerprint density at radius 3 is 2.89 bits per heavy atom. The summed E-state index contributed by atoms with van der Waals surface area (Å²) >= 11 is 5.86. The van der Waals surface area contributed by atoms with Crippen LogP contribution >= 0.6 is 11.6 Å². The van der Waals surface area contributed by atoms with Crippen LogP contribution in [0.1, 0.15) is 5.56 Å². The van der Waals surface area contributed by atoms with Gasteiger partial charge in [-0.15, -0.1) is 6.58 Å². The van der Waals surface area contributed by atoms with Crippen molar-refractivity contribution >= 4 is 23.2 Å². The highest BCUT2D eigenvalue weighted by atomic mass is 35.5. The molecule has 0 spiro atoms. The van der Waals surface area contributed by atoms with E-state index in [-0.39, 0.29) is 19.1 Å². The number of amides is 1. The molecule has 0 bridgehead atoms. The summed E-state index contributed by atoms with van der Waals surface area (Å²) in [7, 11) is 0. The molecule has 0 radical (unpaired) electrons. The molecule has 5 heteroatoms. The normalized spacial score (nSPS) is 10.5. The summed E-state index contributed by atoms with van der Waals surface area (Å²) in [6.07, 6.45) is 1.70. The maximum Gasteiger partial charge on any atom is 0.238 e. The summed E-state index contributed by atoms with van der Waals surface area (Å²) in [6.45, 7) is 6.75. The Balaban J connectivity index is 2.60. The van der Waals surface area contributed by atoms with Crippen LogP contribution in [0.2, 0.25) is 5.02 Å². The molecule has 1 aromatic rings. The van der Waals surface area contributed by atoms with Crippen molar-refractivity contribution in [3.63, 3.8) is 0 Å². The molecule has 1 amide bonds. The molecule has 1 aromatic carbocycles. The number of benzene rings is 1. The van der Waals surface area contributed by atoms with E-state index in [1.54, 1.807) is 24.3 Å². The van der Waals surface area contributed by atoms with Crippen LogP contribution in [0.3, 0.4) is 0 Å². The molecule has 0 heterocycles. The summed E-state index contributed by atoms with van der Waals surface area (Å²) < 4.78 is 0. The van der Waals surface area contributed by atoms with Gasteiger partial charge in [-0.3, -0.25) is 9.69 Å². The summed E-state index contributed by atoms with van der Waals surface area (Å²) in [5, 5.41) is 12.4. The zero-order valence-corrected chi connectivity index (χ0v) is 11.8. The van der Waals surface area contributed by atoms with E-state index in [4.69, 9.17) is 16.7 Å². The van der Waals surface area contributed by atoms with Gasteiger partial charge in [-0.1, -0.05) is 17.7 Å². The van der Waals surface area contributed by atoms with E-state index in [9.17, 15) is 4.79 Å².